The maximum absolute atomic E-state index is 12.5. The number of hydrogen-bond acceptors (Lipinski definition) is 5. The van der Waals surface area contributed by atoms with Gasteiger partial charge in [0.05, 0.1) is 16.9 Å². The van der Waals surface area contributed by atoms with E-state index in [1.807, 2.05) is 0 Å². The number of nitrogens with zero attached hydrogens (tertiary/aromatic N) is 1. The molecular formula is C16H18ClNO6S. The highest BCUT2D eigenvalue weighted by Crippen LogP contribution is 2.42. The minimum Gasteiger partial charge on any atom is -0.481 e. The zero-order valence-electron chi connectivity index (χ0n) is 13.4. The van der Waals surface area contributed by atoms with Crippen LogP contribution < -0.4 is 0 Å². The van der Waals surface area contributed by atoms with Gasteiger partial charge >= 0.3 is 5.97 Å². The van der Waals surface area contributed by atoms with E-state index in [-0.39, 0.29) is 30.5 Å². The number of carboxylic acid groups (broad SMARTS) is 1. The minimum absolute atomic E-state index is 0.0122. The lowest BCUT2D eigenvalue weighted by Crippen LogP contribution is -2.45. The molecule has 1 aromatic carbocycles. The van der Waals surface area contributed by atoms with Crippen molar-refractivity contribution in [2.75, 3.05) is 32.1 Å². The Morgan fingerprint density at radius 1 is 1.32 bits per heavy atom. The van der Waals surface area contributed by atoms with Gasteiger partial charge in [0.2, 0.25) is 5.91 Å². The van der Waals surface area contributed by atoms with E-state index in [0.717, 1.165) is 0 Å². The number of carbonyl (C=O) groups excluding carboxylic acids is 1. The van der Waals surface area contributed by atoms with Crippen LogP contribution in [0, 0.1) is 11.3 Å². The number of benzene rings is 1. The van der Waals surface area contributed by atoms with Gasteiger partial charge in [-0.3, -0.25) is 9.59 Å². The summed E-state index contributed by atoms with van der Waals surface area (Å²) in [5.74, 6) is -2.57. The number of aliphatic carboxylic acids is 1. The molecule has 1 N–H and O–H groups in total. The predicted octanol–water partition coefficient (Wildman–Crippen LogP) is 1.06. The molecule has 0 bridgehead atoms. The Morgan fingerprint density at radius 3 is 2.60 bits per heavy atom. The molecular weight excluding hydrogens is 370 g/mol. The molecule has 2 atom stereocenters. The van der Waals surface area contributed by atoms with Gasteiger partial charge in [-0.15, -0.1) is 0 Å². The van der Waals surface area contributed by atoms with Gasteiger partial charge in [0.25, 0.3) is 0 Å². The summed E-state index contributed by atoms with van der Waals surface area (Å²) in [6, 6.07) is 5.59. The van der Waals surface area contributed by atoms with Crippen molar-refractivity contribution in [2.45, 2.75) is 11.3 Å². The highest BCUT2D eigenvalue weighted by atomic mass is 35.5. The van der Waals surface area contributed by atoms with Crippen molar-refractivity contribution in [1.29, 1.82) is 0 Å². The van der Waals surface area contributed by atoms with Crippen LogP contribution >= 0.6 is 11.6 Å². The van der Waals surface area contributed by atoms with Crippen LogP contribution in [0.1, 0.15) is 6.42 Å². The number of sulfone groups is 1. The molecule has 2 aliphatic rings. The third-order valence-electron chi connectivity index (χ3n) is 4.97. The summed E-state index contributed by atoms with van der Waals surface area (Å²) < 4.78 is 30.2. The highest BCUT2D eigenvalue weighted by Gasteiger charge is 2.55. The first kappa shape index (κ1) is 18.2. The summed E-state index contributed by atoms with van der Waals surface area (Å²) in [5.41, 5.74) is -1.04. The number of halogens is 1. The standard InChI is InChI=1S/C16H18ClNO6S/c17-12-1-3-13(4-2-12)25(22,23)9-14(19)18-7-11-8-24-6-5-16(11,10-18)15(20)21/h1-4,11H,5-10H2,(H,20,21)/t11-,16+/m0/s1. The van der Waals surface area contributed by atoms with Gasteiger partial charge in [-0.2, -0.15) is 0 Å². The van der Waals surface area contributed by atoms with Crippen molar-refractivity contribution in [3.8, 4) is 0 Å². The van der Waals surface area contributed by atoms with Crippen LogP contribution in [0.4, 0.5) is 0 Å². The van der Waals surface area contributed by atoms with E-state index in [4.69, 9.17) is 16.3 Å². The Balaban J connectivity index is 1.76. The van der Waals surface area contributed by atoms with E-state index in [2.05, 4.69) is 0 Å². The van der Waals surface area contributed by atoms with Gasteiger partial charge in [0, 0.05) is 30.6 Å². The zero-order chi connectivity index (χ0) is 18.2. The molecule has 2 aliphatic heterocycles. The van der Waals surface area contributed by atoms with E-state index in [1.54, 1.807) is 0 Å². The second kappa shape index (κ2) is 6.59. The molecule has 136 valence electrons. The third kappa shape index (κ3) is 3.38. The van der Waals surface area contributed by atoms with Gasteiger partial charge in [-0.25, -0.2) is 8.42 Å². The number of ether oxygens (including phenoxy) is 1. The molecule has 25 heavy (non-hydrogen) atoms. The molecule has 3 rings (SSSR count). The summed E-state index contributed by atoms with van der Waals surface area (Å²) in [6.07, 6.45) is 0.320. The van der Waals surface area contributed by atoms with Gasteiger partial charge in [-0.05, 0) is 30.7 Å². The van der Waals surface area contributed by atoms with Crippen molar-refractivity contribution >= 4 is 33.3 Å². The summed E-state index contributed by atoms with van der Waals surface area (Å²) in [4.78, 5) is 25.6. The van der Waals surface area contributed by atoms with Crippen LogP contribution in [0.15, 0.2) is 29.2 Å². The van der Waals surface area contributed by atoms with Gasteiger partial charge in [0.1, 0.15) is 5.75 Å². The first-order valence-electron chi connectivity index (χ1n) is 7.82. The molecule has 2 heterocycles. The number of fused-ring (bicyclic) bond motifs is 1. The Bertz CT molecular complexity index is 793. The molecule has 0 spiro atoms. The SMILES string of the molecule is O=C(CS(=O)(=O)c1ccc(Cl)cc1)N1C[C@H]2COCC[C@@]2(C(=O)O)C1. The number of carboxylic acids is 1. The maximum Gasteiger partial charge on any atom is 0.311 e. The first-order valence-corrected chi connectivity index (χ1v) is 9.85. The highest BCUT2D eigenvalue weighted by molar-refractivity contribution is 7.92. The molecule has 1 aromatic rings. The monoisotopic (exact) mass is 387 g/mol. The Hall–Kier alpha value is -1.64. The lowest BCUT2D eigenvalue weighted by Gasteiger charge is -2.33. The average Bonchev–Trinajstić information content (AvgIpc) is 2.96. The Kier molecular flexibility index (Phi) is 4.78. The number of hydrogen-bond donors (Lipinski definition) is 1. The normalized spacial score (nSPS) is 26.3. The molecule has 2 saturated heterocycles. The molecule has 0 radical (unpaired) electrons. The Labute approximate surface area is 150 Å². The van der Waals surface area contributed by atoms with Crippen molar-refractivity contribution in [3.05, 3.63) is 29.3 Å². The predicted molar refractivity (Wildman–Crippen MR) is 89.1 cm³/mol. The zero-order valence-corrected chi connectivity index (χ0v) is 14.9. The molecule has 9 heteroatoms. The summed E-state index contributed by atoms with van der Waals surface area (Å²) in [7, 11) is -3.82. The average molecular weight is 388 g/mol. The van der Waals surface area contributed by atoms with Crippen molar-refractivity contribution in [3.63, 3.8) is 0 Å². The fraction of sp³-hybridized carbons (Fsp3) is 0.500. The maximum atomic E-state index is 12.5. The van der Waals surface area contributed by atoms with Crippen molar-refractivity contribution in [1.82, 2.24) is 4.90 Å². The van der Waals surface area contributed by atoms with Gasteiger partial charge in [0.15, 0.2) is 9.84 Å². The third-order valence-corrected chi connectivity index (χ3v) is 6.84. The smallest absolute Gasteiger partial charge is 0.311 e. The molecule has 0 saturated carbocycles. The van der Waals surface area contributed by atoms with E-state index in [9.17, 15) is 23.1 Å². The quantitative estimate of drug-likeness (QED) is 0.829. The number of amides is 1. The topological polar surface area (TPSA) is 101 Å². The second-order valence-electron chi connectivity index (χ2n) is 6.47. The molecule has 7 nitrogen and oxygen atoms in total. The van der Waals surface area contributed by atoms with Gasteiger partial charge < -0.3 is 14.7 Å². The van der Waals surface area contributed by atoms with Gasteiger partial charge in [-0.1, -0.05) is 11.6 Å². The van der Waals surface area contributed by atoms with Crippen molar-refractivity contribution in [2.24, 2.45) is 11.3 Å². The molecule has 0 aliphatic carbocycles. The van der Waals surface area contributed by atoms with E-state index in [0.29, 0.717) is 18.1 Å². The van der Waals surface area contributed by atoms with Crippen LogP contribution in [-0.2, 0) is 24.2 Å². The summed E-state index contributed by atoms with van der Waals surface area (Å²) >= 11 is 5.75. The number of likely N-dealkylation sites (tertiary alicyclic amines) is 1. The van der Waals surface area contributed by atoms with Crippen molar-refractivity contribution < 1.29 is 27.9 Å². The fourth-order valence-electron chi connectivity index (χ4n) is 3.47. The van der Waals surface area contributed by atoms with Crippen LogP contribution in [0.3, 0.4) is 0 Å². The second-order valence-corrected chi connectivity index (χ2v) is 8.90. The number of carbonyl (C=O) groups is 2. The molecule has 2 fully saturated rings. The lowest BCUT2D eigenvalue weighted by atomic mass is 9.74. The Morgan fingerprint density at radius 2 is 2.00 bits per heavy atom. The molecule has 0 unspecified atom stereocenters. The van der Waals surface area contributed by atoms with E-state index >= 15 is 0 Å². The first-order chi connectivity index (χ1) is 11.7. The van der Waals surface area contributed by atoms with E-state index < -0.39 is 32.9 Å². The van der Waals surface area contributed by atoms with Crippen LogP contribution in [-0.4, -0.2) is 62.4 Å². The largest absolute Gasteiger partial charge is 0.481 e. The fourth-order valence-corrected chi connectivity index (χ4v) is 4.82. The van der Waals surface area contributed by atoms with Crippen LogP contribution in [0.2, 0.25) is 5.02 Å². The molecule has 0 aromatic heterocycles. The summed E-state index contributed by atoms with van der Waals surface area (Å²) in [5, 5.41) is 10.0. The lowest BCUT2D eigenvalue weighted by molar-refractivity contribution is -0.157. The number of rotatable bonds is 4. The summed E-state index contributed by atoms with van der Waals surface area (Å²) in [6.45, 7) is 0.806. The van der Waals surface area contributed by atoms with E-state index in [1.165, 1.54) is 29.2 Å². The molecule has 1 amide bonds. The minimum atomic E-state index is -3.82. The van der Waals surface area contributed by atoms with Crippen LogP contribution in [0.5, 0.6) is 0 Å². The van der Waals surface area contributed by atoms with Crippen LogP contribution in [0.25, 0.3) is 0 Å².